The van der Waals surface area contributed by atoms with Crippen molar-refractivity contribution in [1.29, 1.82) is 0 Å². The molecule has 0 amide bonds. The molecule has 0 spiro atoms. The van der Waals surface area contributed by atoms with Gasteiger partial charge >= 0.3 is 6.11 Å². The summed E-state index contributed by atoms with van der Waals surface area (Å²) in [6.45, 7) is 2.30. The van der Waals surface area contributed by atoms with Crippen LogP contribution in [0.25, 0.3) is 11.1 Å². The molecule has 220 valence electrons. The van der Waals surface area contributed by atoms with Crippen LogP contribution < -0.4 is 4.74 Å². The summed E-state index contributed by atoms with van der Waals surface area (Å²) in [5, 5.41) is 0. The second-order valence-corrected chi connectivity index (χ2v) is 11.6. The van der Waals surface area contributed by atoms with Gasteiger partial charge in [-0.05, 0) is 97.2 Å². The van der Waals surface area contributed by atoms with E-state index in [4.69, 9.17) is 4.74 Å². The Hall–Kier alpha value is -3.03. The number of alkyl halides is 4. The summed E-state index contributed by atoms with van der Waals surface area (Å²) in [7, 11) is 0. The summed E-state index contributed by atoms with van der Waals surface area (Å²) in [4.78, 5) is 0. The van der Waals surface area contributed by atoms with Crippen LogP contribution in [0.15, 0.2) is 54.6 Å². The molecule has 2 aliphatic rings. The number of benzene rings is 3. The third-order valence-electron chi connectivity index (χ3n) is 8.90. The smallest absolute Gasteiger partial charge is 0.400 e. The average molecular weight is 579 g/mol. The van der Waals surface area contributed by atoms with Crippen LogP contribution in [0.2, 0.25) is 0 Å². The van der Waals surface area contributed by atoms with Crippen molar-refractivity contribution >= 4 is 0 Å². The van der Waals surface area contributed by atoms with Crippen molar-refractivity contribution in [2.75, 3.05) is 0 Å². The Morgan fingerprint density at radius 2 is 1.20 bits per heavy atom. The predicted molar refractivity (Wildman–Crippen MR) is 144 cm³/mol. The zero-order valence-corrected chi connectivity index (χ0v) is 22.8. The van der Waals surface area contributed by atoms with Gasteiger partial charge in [-0.2, -0.15) is 8.78 Å². The summed E-state index contributed by atoms with van der Waals surface area (Å²) >= 11 is 0. The van der Waals surface area contributed by atoms with E-state index in [9.17, 15) is 22.0 Å². The molecule has 41 heavy (non-hydrogen) atoms. The highest BCUT2D eigenvalue weighted by Gasteiger charge is 2.44. The number of halogens is 7. The van der Waals surface area contributed by atoms with Gasteiger partial charge in [0.15, 0.2) is 0 Å². The molecule has 2 saturated carbocycles. The van der Waals surface area contributed by atoms with Gasteiger partial charge in [0.2, 0.25) is 0 Å². The second kappa shape index (κ2) is 12.1. The SMILES string of the molecule is CC1CCC(c2ccc(C3CCC(C(F)(F)Oc4ccc(-c5cc(F)c(C(F)F)c(F)c5)c(F)c4)CC3)cc2)CC1. The first kappa shape index (κ1) is 29.5. The van der Waals surface area contributed by atoms with Crippen LogP contribution in [0.4, 0.5) is 30.7 Å². The molecule has 0 saturated heterocycles. The zero-order chi connectivity index (χ0) is 29.3. The van der Waals surface area contributed by atoms with Gasteiger partial charge in [0.05, 0.1) is 11.5 Å². The first-order valence-corrected chi connectivity index (χ1v) is 14.3. The quantitative estimate of drug-likeness (QED) is 0.254. The molecule has 1 nitrogen and oxygen atoms in total. The molecule has 0 aliphatic heterocycles. The lowest BCUT2D eigenvalue weighted by molar-refractivity contribution is -0.222. The molecular formula is C33H33F7O. The minimum atomic E-state index is -3.54. The van der Waals surface area contributed by atoms with Gasteiger partial charge in [0.25, 0.3) is 6.43 Å². The van der Waals surface area contributed by atoms with Crippen molar-refractivity contribution in [3.8, 4) is 16.9 Å². The molecule has 8 heteroatoms. The first-order valence-electron chi connectivity index (χ1n) is 14.3. The summed E-state index contributed by atoms with van der Waals surface area (Å²) in [6.07, 6.45) is -0.341. The molecule has 2 aliphatic carbocycles. The summed E-state index contributed by atoms with van der Waals surface area (Å²) in [5.74, 6) is -4.02. The Morgan fingerprint density at radius 3 is 1.68 bits per heavy atom. The van der Waals surface area contributed by atoms with E-state index in [2.05, 4.69) is 31.2 Å². The van der Waals surface area contributed by atoms with Crippen LogP contribution in [-0.2, 0) is 0 Å². The highest BCUT2D eigenvalue weighted by Crippen LogP contribution is 2.44. The number of hydrogen-bond acceptors (Lipinski definition) is 1. The first-order chi connectivity index (χ1) is 19.5. The molecule has 0 unspecified atom stereocenters. The highest BCUT2D eigenvalue weighted by atomic mass is 19.3. The Balaban J connectivity index is 1.20. The van der Waals surface area contributed by atoms with Gasteiger partial charge < -0.3 is 4.74 Å². The number of ether oxygens (including phenoxy) is 1. The Morgan fingerprint density at radius 1 is 0.683 bits per heavy atom. The normalized spacial score (nSPS) is 23.5. The molecule has 5 rings (SSSR count). The van der Waals surface area contributed by atoms with Crippen molar-refractivity contribution in [2.45, 2.75) is 82.7 Å². The van der Waals surface area contributed by atoms with Crippen molar-refractivity contribution in [3.05, 3.63) is 88.7 Å². The molecule has 3 aromatic rings. The van der Waals surface area contributed by atoms with E-state index in [0.29, 0.717) is 37.0 Å². The second-order valence-electron chi connectivity index (χ2n) is 11.6. The molecule has 0 aromatic heterocycles. The van der Waals surface area contributed by atoms with Gasteiger partial charge in [-0.25, -0.2) is 22.0 Å². The highest BCUT2D eigenvalue weighted by molar-refractivity contribution is 5.65. The summed E-state index contributed by atoms with van der Waals surface area (Å²) in [5.41, 5.74) is 0.444. The Bertz CT molecular complexity index is 1320. The topological polar surface area (TPSA) is 9.23 Å². The van der Waals surface area contributed by atoms with E-state index < -0.39 is 47.2 Å². The van der Waals surface area contributed by atoms with Crippen molar-refractivity contribution in [2.24, 2.45) is 11.8 Å². The maximum Gasteiger partial charge on any atom is 0.400 e. The van der Waals surface area contributed by atoms with Crippen LogP contribution in [0.1, 0.15) is 93.2 Å². The van der Waals surface area contributed by atoms with Crippen molar-refractivity contribution in [3.63, 3.8) is 0 Å². The van der Waals surface area contributed by atoms with E-state index in [-0.39, 0.29) is 29.9 Å². The molecular weight excluding hydrogens is 545 g/mol. The van der Waals surface area contributed by atoms with Gasteiger partial charge in [0, 0.05) is 11.6 Å². The molecule has 0 radical (unpaired) electrons. The maximum absolute atomic E-state index is 15.1. The molecule has 3 aromatic carbocycles. The van der Waals surface area contributed by atoms with Gasteiger partial charge in [-0.1, -0.05) is 44.0 Å². The fraction of sp³-hybridized carbons (Fsp3) is 0.455. The van der Waals surface area contributed by atoms with Crippen LogP contribution >= 0.6 is 0 Å². The molecule has 0 N–H and O–H groups in total. The van der Waals surface area contributed by atoms with E-state index in [1.54, 1.807) is 0 Å². The lowest BCUT2D eigenvalue weighted by Crippen LogP contribution is -2.37. The van der Waals surface area contributed by atoms with Crippen LogP contribution in [0.5, 0.6) is 5.75 Å². The van der Waals surface area contributed by atoms with Crippen molar-refractivity contribution < 1.29 is 35.5 Å². The molecule has 0 heterocycles. The lowest BCUT2D eigenvalue weighted by atomic mass is 9.76. The van der Waals surface area contributed by atoms with Crippen LogP contribution in [0.3, 0.4) is 0 Å². The molecule has 0 bridgehead atoms. The summed E-state index contributed by atoms with van der Waals surface area (Å²) < 4.78 is 103. The average Bonchev–Trinajstić information content (AvgIpc) is 2.93. The van der Waals surface area contributed by atoms with E-state index in [0.717, 1.165) is 23.6 Å². The minimum absolute atomic E-state index is 0.191. The lowest BCUT2D eigenvalue weighted by Gasteiger charge is -2.33. The van der Waals surface area contributed by atoms with E-state index >= 15 is 8.78 Å². The number of rotatable bonds is 7. The Labute approximate surface area is 235 Å². The van der Waals surface area contributed by atoms with Gasteiger partial charge in [0.1, 0.15) is 23.2 Å². The maximum atomic E-state index is 15.1. The fourth-order valence-electron chi connectivity index (χ4n) is 6.38. The van der Waals surface area contributed by atoms with Crippen LogP contribution in [-0.4, -0.2) is 6.11 Å². The predicted octanol–water partition coefficient (Wildman–Crippen LogP) is 10.9. The summed E-state index contributed by atoms with van der Waals surface area (Å²) in [6, 6.07) is 12.6. The standard InChI is InChI=1S/C33H33F7O/c1-19-2-4-20(5-3-19)21-6-8-22(9-7-21)23-10-12-25(13-11-23)33(39,40)41-26-14-15-27(28(34)18-26)24-16-29(35)31(32(37)38)30(36)17-24/h6-9,14-20,23,25,32H,2-5,10-13H2,1H3. The van der Waals surface area contributed by atoms with Crippen LogP contribution in [0, 0.1) is 29.3 Å². The molecule has 2 fully saturated rings. The van der Waals surface area contributed by atoms with E-state index in [1.165, 1.54) is 31.2 Å². The van der Waals surface area contributed by atoms with Crippen molar-refractivity contribution in [1.82, 2.24) is 0 Å². The van der Waals surface area contributed by atoms with E-state index in [1.807, 2.05) is 0 Å². The fourth-order valence-corrected chi connectivity index (χ4v) is 6.38. The number of hydrogen-bond donors (Lipinski definition) is 0. The monoisotopic (exact) mass is 578 g/mol. The third-order valence-corrected chi connectivity index (χ3v) is 8.90. The zero-order valence-electron chi connectivity index (χ0n) is 22.8. The van der Waals surface area contributed by atoms with Gasteiger partial charge in [-0.15, -0.1) is 0 Å². The minimum Gasteiger partial charge on any atom is -0.432 e. The Kier molecular flexibility index (Phi) is 8.67. The molecule has 0 atom stereocenters. The third kappa shape index (κ3) is 6.57. The van der Waals surface area contributed by atoms with Gasteiger partial charge in [-0.3, -0.25) is 0 Å². The largest absolute Gasteiger partial charge is 0.432 e.